The largest absolute Gasteiger partial charge is 0.497 e. The van der Waals surface area contributed by atoms with Gasteiger partial charge in [-0.15, -0.1) is 0 Å². The Bertz CT molecular complexity index is 2140. The van der Waals surface area contributed by atoms with Crippen LogP contribution in [0.25, 0.3) is 10.9 Å². The lowest BCUT2D eigenvalue weighted by Crippen LogP contribution is -2.60. The van der Waals surface area contributed by atoms with Crippen molar-refractivity contribution in [3.05, 3.63) is 36.4 Å². The number of aromatic nitrogens is 1. The van der Waals surface area contributed by atoms with Gasteiger partial charge in [-0.3, -0.25) is 19.1 Å². The van der Waals surface area contributed by atoms with Gasteiger partial charge in [-0.2, -0.15) is 13.2 Å². The van der Waals surface area contributed by atoms with Crippen molar-refractivity contribution < 1.29 is 59.7 Å². The minimum Gasteiger partial charge on any atom is -0.497 e. The van der Waals surface area contributed by atoms with Crippen LogP contribution in [0.3, 0.4) is 0 Å². The summed E-state index contributed by atoms with van der Waals surface area (Å²) in [4.78, 5) is 62.5. The average molecular weight is 866 g/mol. The fourth-order valence-electron chi connectivity index (χ4n) is 7.92. The first-order valence-electron chi connectivity index (χ1n) is 20.2. The predicted octanol–water partition coefficient (Wildman–Crippen LogP) is 5.31. The number of sulfonamides is 1. The number of rotatable bonds is 10. The number of nitrogens with one attached hydrogen (secondary N) is 3. The van der Waals surface area contributed by atoms with E-state index in [9.17, 15) is 40.8 Å². The van der Waals surface area contributed by atoms with E-state index in [-0.39, 0.29) is 31.2 Å². The molecule has 2 aliphatic carbocycles. The Labute approximate surface area is 347 Å². The smallest absolute Gasteiger partial charge is 0.427 e. The zero-order chi connectivity index (χ0) is 44.0. The molecule has 4 aliphatic rings. The zero-order valence-corrected chi connectivity index (χ0v) is 35.6. The number of alkyl carbamates (subject to hydrolysis) is 1. The maximum Gasteiger partial charge on any atom is 0.427 e. The number of fused-ring (bicyclic) bond motifs is 3. The summed E-state index contributed by atoms with van der Waals surface area (Å²) < 4.78 is 91.2. The van der Waals surface area contributed by atoms with Crippen molar-refractivity contribution in [1.29, 1.82) is 0 Å². The van der Waals surface area contributed by atoms with Crippen LogP contribution in [0.5, 0.6) is 17.4 Å². The van der Waals surface area contributed by atoms with Crippen LogP contribution < -0.4 is 29.6 Å². The molecule has 0 radical (unpaired) electrons. The van der Waals surface area contributed by atoms with Crippen LogP contribution in [-0.2, 0) is 29.1 Å². The van der Waals surface area contributed by atoms with Gasteiger partial charge in [0.05, 0.1) is 31.0 Å². The molecule has 330 valence electrons. The van der Waals surface area contributed by atoms with Crippen molar-refractivity contribution in [2.75, 3.05) is 20.8 Å². The summed E-state index contributed by atoms with van der Waals surface area (Å²) in [5.74, 6) is -2.63. The Balaban J connectivity index is 1.39. The van der Waals surface area contributed by atoms with E-state index in [0.717, 1.165) is 0 Å². The molecule has 1 saturated heterocycles. The van der Waals surface area contributed by atoms with Gasteiger partial charge in [0.1, 0.15) is 35.2 Å². The molecule has 0 unspecified atom stereocenters. The van der Waals surface area contributed by atoms with Crippen LogP contribution in [0.2, 0.25) is 0 Å². The van der Waals surface area contributed by atoms with Crippen molar-refractivity contribution in [2.24, 2.45) is 17.8 Å². The summed E-state index contributed by atoms with van der Waals surface area (Å²) in [6.45, 7) is 6.46. The van der Waals surface area contributed by atoms with Gasteiger partial charge in [-0.05, 0) is 83.3 Å². The lowest BCUT2D eigenvalue weighted by molar-refractivity contribution is -0.244. The molecule has 60 heavy (non-hydrogen) atoms. The highest BCUT2D eigenvalue weighted by Crippen LogP contribution is 2.48. The van der Waals surface area contributed by atoms with Gasteiger partial charge in [-0.1, -0.05) is 32.4 Å². The Morgan fingerprint density at radius 2 is 1.80 bits per heavy atom. The predicted molar refractivity (Wildman–Crippen MR) is 213 cm³/mol. The summed E-state index contributed by atoms with van der Waals surface area (Å²) in [6.07, 6.45) is -1.04. The molecule has 0 spiro atoms. The van der Waals surface area contributed by atoms with E-state index in [2.05, 4.69) is 20.3 Å². The molecule has 7 atom stereocenters. The number of pyridine rings is 1. The molecule has 1 aromatic heterocycles. The zero-order valence-electron chi connectivity index (χ0n) is 34.8. The van der Waals surface area contributed by atoms with Crippen molar-refractivity contribution in [1.82, 2.24) is 25.2 Å². The molecule has 2 aromatic rings. The molecule has 6 rings (SSSR count). The molecular formula is C41H54F3N5O10S. The fourth-order valence-corrected chi connectivity index (χ4v) is 9.24. The van der Waals surface area contributed by atoms with E-state index in [1.165, 1.54) is 26.0 Å². The number of carbonyl (C=O) groups excluding carboxylic acids is 4. The topological polar surface area (TPSA) is 192 Å². The minimum atomic E-state index is -4.92. The number of alkyl halides is 3. The molecule has 3 heterocycles. The molecule has 1 aromatic carbocycles. The minimum absolute atomic E-state index is 0.0417. The number of ether oxygens (including phenoxy) is 4. The molecule has 2 aliphatic heterocycles. The van der Waals surface area contributed by atoms with Crippen LogP contribution in [-0.4, -0.2) is 103 Å². The van der Waals surface area contributed by atoms with E-state index in [1.54, 1.807) is 37.3 Å². The van der Waals surface area contributed by atoms with E-state index in [4.69, 9.17) is 18.9 Å². The normalized spacial score (nSPS) is 28.8. The number of hydrogen-bond acceptors (Lipinski definition) is 11. The van der Waals surface area contributed by atoms with Crippen molar-refractivity contribution in [3.8, 4) is 17.4 Å². The number of halogens is 3. The number of allylic oxidation sites excluding steroid dienone is 1. The van der Waals surface area contributed by atoms with Gasteiger partial charge in [0.15, 0.2) is 0 Å². The van der Waals surface area contributed by atoms with Gasteiger partial charge in [0.25, 0.3) is 5.91 Å². The van der Waals surface area contributed by atoms with Gasteiger partial charge in [0, 0.05) is 29.9 Å². The molecule has 0 bridgehead atoms. The summed E-state index contributed by atoms with van der Waals surface area (Å²) in [6, 6.07) is 3.88. The Morgan fingerprint density at radius 3 is 2.43 bits per heavy atom. The third kappa shape index (κ3) is 9.10. The number of nitrogens with zero attached hydrogens (tertiary/aromatic N) is 2. The highest BCUT2D eigenvalue weighted by molar-refractivity contribution is 7.91. The second-order valence-corrected chi connectivity index (χ2v) is 19.4. The van der Waals surface area contributed by atoms with Crippen LogP contribution in [0.4, 0.5) is 18.0 Å². The van der Waals surface area contributed by atoms with Crippen LogP contribution in [0.1, 0.15) is 86.0 Å². The summed E-state index contributed by atoms with van der Waals surface area (Å²) in [5, 5.41) is 5.80. The number of amides is 4. The quantitative estimate of drug-likeness (QED) is 0.262. The molecule has 15 nitrogen and oxygen atoms in total. The molecular weight excluding hydrogens is 812 g/mol. The van der Waals surface area contributed by atoms with Crippen molar-refractivity contribution >= 4 is 44.7 Å². The van der Waals surface area contributed by atoms with E-state index in [0.29, 0.717) is 74.8 Å². The number of carbonyl (C=O) groups is 4. The average Bonchev–Trinajstić information content (AvgIpc) is 4.06. The molecule has 3 N–H and O–H groups in total. The molecule has 19 heteroatoms. The summed E-state index contributed by atoms with van der Waals surface area (Å²) >= 11 is 0. The first-order chi connectivity index (χ1) is 28.1. The Kier molecular flexibility index (Phi) is 12.4. The maximum absolute atomic E-state index is 15.0. The molecule has 4 amide bonds. The van der Waals surface area contributed by atoms with Crippen molar-refractivity contribution in [2.45, 2.75) is 126 Å². The first kappa shape index (κ1) is 44.7. The van der Waals surface area contributed by atoms with Crippen LogP contribution >= 0.6 is 0 Å². The monoisotopic (exact) mass is 865 g/mol. The second-order valence-electron chi connectivity index (χ2n) is 17.2. The third-order valence-electron chi connectivity index (χ3n) is 12.4. The van der Waals surface area contributed by atoms with E-state index < -0.39 is 85.9 Å². The Hall–Kier alpha value is -4.81. The summed E-state index contributed by atoms with van der Waals surface area (Å²) in [5.41, 5.74) is -4.09. The van der Waals surface area contributed by atoms with Gasteiger partial charge in [0.2, 0.25) is 33.3 Å². The fraction of sp³-hybridized carbons (Fsp3) is 0.634. The van der Waals surface area contributed by atoms with Gasteiger partial charge < -0.3 is 34.5 Å². The molecule has 2 saturated carbocycles. The van der Waals surface area contributed by atoms with E-state index in [1.807, 2.05) is 13.0 Å². The van der Waals surface area contributed by atoms with Gasteiger partial charge in [-0.25, -0.2) is 18.2 Å². The van der Waals surface area contributed by atoms with Crippen molar-refractivity contribution in [3.63, 3.8) is 0 Å². The summed E-state index contributed by atoms with van der Waals surface area (Å²) in [7, 11) is -1.16. The highest BCUT2D eigenvalue weighted by Gasteiger charge is 2.63. The van der Waals surface area contributed by atoms with Crippen LogP contribution in [0.15, 0.2) is 36.4 Å². The number of benzene rings is 1. The SMILES string of the molecule is CC[C@@H]1C[C@H](C)CC/C=C\[C@@H]2C[C@@]2(C(=O)NS(=O)(=O)C2(C)CC2)NC(=O)[C@@H]2C[C@@H](Oc3cc(OC)nc4cc(OC)ccc34)CN2C(=O)[C@H]1NC(=O)OC(C)(C)C(F)(F)F. The van der Waals surface area contributed by atoms with E-state index >= 15 is 0 Å². The first-order valence-corrected chi connectivity index (χ1v) is 21.7. The number of hydrogen-bond donors (Lipinski definition) is 3. The standard InChI is InChI=1S/C41H54F3N5O10S/c1-8-24-17-23(2)11-9-10-12-25-21-40(25,36(52)48-60(54,55)39(5)15-16-39)47-34(50)30-19-27(58-31-20-32(57-7)45-29-18-26(56-6)13-14-28(29)31)22-49(30)35(51)33(24)46-37(53)59-38(3,4)41(42,43)44/h10,12-14,18,20,23-25,27,30,33H,8-9,11,15-17,19,21-22H2,1-7H3,(H,46,53)(H,47,50)(H,48,52)/b12-10-/t23-,24-,25-,27-,30+,33+,40-/m1/s1. The maximum atomic E-state index is 15.0. The third-order valence-corrected chi connectivity index (χ3v) is 14.5. The van der Waals surface area contributed by atoms with Gasteiger partial charge >= 0.3 is 12.3 Å². The highest BCUT2D eigenvalue weighted by atomic mass is 32.2. The van der Waals surface area contributed by atoms with Crippen LogP contribution in [0, 0.1) is 17.8 Å². The lowest BCUT2D eigenvalue weighted by Gasteiger charge is -2.35. The lowest BCUT2D eigenvalue weighted by atomic mass is 9.85. The second kappa shape index (κ2) is 16.6. The molecule has 3 fully saturated rings. The number of methoxy groups -OCH3 is 2. The Morgan fingerprint density at radius 1 is 1.08 bits per heavy atom.